The maximum absolute atomic E-state index is 11.5. The summed E-state index contributed by atoms with van der Waals surface area (Å²) >= 11 is 2.06. The topological polar surface area (TPSA) is 58.2 Å². The summed E-state index contributed by atoms with van der Waals surface area (Å²) in [5.41, 5.74) is -0.0605. The molecule has 1 aliphatic rings. The number of aromatic amines is 1. The number of piperidine rings is 1. The average Bonchev–Trinajstić information content (AvgIpc) is 2.34. The van der Waals surface area contributed by atoms with Crippen molar-refractivity contribution in [2.24, 2.45) is 5.92 Å². The molecule has 5 nitrogen and oxygen atoms in total. The highest BCUT2D eigenvalue weighted by atomic mass is 127. The number of nitrogens with one attached hydrogen (secondary N) is 1. The highest BCUT2D eigenvalue weighted by Gasteiger charge is 2.22. The molecule has 0 unspecified atom stereocenters. The Bertz CT molecular complexity index is 427. The Kier molecular flexibility index (Phi) is 4.38. The van der Waals surface area contributed by atoms with Crippen molar-refractivity contribution in [3.8, 4) is 0 Å². The molecule has 94 valence electrons. The largest absolute Gasteiger partial charge is 0.384 e. The summed E-state index contributed by atoms with van der Waals surface area (Å²) in [6, 6.07) is 0. The number of rotatable bonds is 3. The fourth-order valence-corrected chi connectivity index (χ4v) is 2.78. The Labute approximate surface area is 114 Å². The van der Waals surface area contributed by atoms with Gasteiger partial charge in [-0.2, -0.15) is 0 Å². The van der Waals surface area contributed by atoms with Crippen LogP contribution in [0, 0.1) is 9.49 Å². The zero-order chi connectivity index (χ0) is 12.3. The molecule has 1 fully saturated rings. The summed E-state index contributed by atoms with van der Waals surface area (Å²) < 4.78 is 5.85. The Morgan fingerprint density at radius 3 is 2.94 bits per heavy atom. The van der Waals surface area contributed by atoms with Crippen LogP contribution >= 0.6 is 22.6 Å². The number of anilines is 1. The van der Waals surface area contributed by atoms with Crippen LogP contribution in [-0.2, 0) is 4.74 Å². The van der Waals surface area contributed by atoms with Gasteiger partial charge in [0.25, 0.3) is 5.56 Å². The number of nitrogens with zero attached hydrogens (tertiary/aromatic N) is 2. The molecule has 0 spiro atoms. The van der Waals surface area contributed by atoms with E-state index in [1.165, 1.54) is 6.33 Å². The van der Waals surface area contributed by atoms with E-state index in [-0.39, 0.29) is 5.56 Å². The predicted octanol–water partition coefficient (Wildman–Crippen LogP) is 1.24. The van der Waals surface area contributed by atoms with Crippen molar-refractivity contribution in [3.63, 3.8) is 0 Å². The summed E-state index contributed by atoms with van der Waals surface area (Å²) in [6.45, 7) is 2.72. The summed E-state index contributed by atoms with van der Waals surface area (Å²) in [4.78, 5) is 20.5. The number of hydrogen-bond donors (Lipinski definition) is 1. The maximum Gasteiger partial charge on any atom is 0.266 e. The first kappa shape index (κ1) is 12.8. The zero-order valence-electron chi connectivity index (χ0n) is 9.78. The van der Waals surface area contributed by atoms with Gasteiger partial charge in [0.2, 0.25) is 0 Å². The van der Waals surface area contributed by atoms with Crippen molar-refractivity contribution >= 4 is 28.4 Å². The molecule has 1 aromatic heterocycles. The standard InChI is InChI=1S/C11H16IN3O2/c1-17-6-8-2-4-15(5-3-8)10-9(12)11(16)14-7-13-10/h7-8H,2-6H2,1H3,(H,13,14,16). The molecule has 1 aliphatic heterocycles. The molecule has 2 rings (SSSR count). The summed E-state index contributed by atoms with van der Waals surface area (Å²) in [5, 5.41) is 0. The van der Waals surface area contributed by atoms with Crippen LogP contribution in [0.3, 0.4) is 0 Å². The van der Waals surface area contributed by atoms with Gasteiger partial charge in [-0.15, -0.1) is 0 Å². The van der Waals surface area contributed by atoms with Crippen LogP contribution in [-0.4, -0.2) is 36.8 Å². The molecule has 1 N–H and O–H groups in total. The van der Waals surface area contributed by atoms with Crippen molar-refractivity contribution in [1.82, 2.24) is 9.97 Å². The number of hydrogen-bond acceptors (Lipinski definition) is 4. The van der Waals surface area contributed by atoms with Crippen LogP contribution in [0.4, 0.5) is 5.82 Å². The van der Waals surface area contributed by atoms with E-state index < -0.39 is 0 Å². The molecule has 1 aromatic rings. The Morgan fingerprint density at radius 1 is 1.59 bits per heavy atom. The van der Waals surface area contributed by atoms with E-state index in [1.54, 1.807) is 7.11 Å². The van der Waals surface area contributed by atoms with Gasteiger partial charge >= 0.3 is 0 Å². The van der Waals surface area contributed by atoms with Crippen molar-refractivity contribution in [3.05, 3.63) is 20.3 Å². The molecule has 17 heavy (non-hydrogen) atoms. The van der Waals surface area contributed by atoms with Gasteiger partial charge in [-0.1, -0.05) is 0 Å². The molecule has 6 heteroatoms. The fraction of sp³-hybridized carbons (Fsp3) is 0.636. The van der Waals surface area contributed by atoms with Gasteiger partial charge in [0, 0.05) is 26.8 Å². The number of halogens is 1. The Balaban J connectivity index is 2.05. The molecule has 0 atom stereocenters. The average molecular weight is 349 g/mol. The van der Waals surface area contributed by atoms with Crippen LogP contribution in [0.5, 0.6) is 0 Å². The highest BCUT2D eigenvalue weighted by molar-refractivity contribution is 14.1. The number of aromatic nitrogens is 2. The third-order valence-electron chi connectivity index (χ3n) is 3.09. The smallest absolute Gasteiger partial charge is 0.266 e. The van der Waals surface area contributed by atoms with Gasteiger partial charge in [0.15, 0.2) is 0 Å². The molecule has 1 saturated heterocycles. The molecule has 0 amide bonds. The van der Waals surface area contributed by atoms with Gasteiger partial charge in [0.05, 0.1) is 6.33 Å². The lowest BCUT2D eigenvalue weighted by Gasteiger charge is -2.32. The van der Waals surface area contributed by atoms with Crippen molar-refractivity contribution in [2.75, 3.05) is 31.7 Å². The zero-order valence-corrected chi connectivity index (χ0v) is 11.9. The fourth-order valence-electron chi connectivity index (χ4n) is 2.14. The first-order chi connectivity index (χ1) is 8.22. The first-order valence-corrected chi connectivity index (χ1v) is 6.77. The van der Waals surface area contributed by atoms with Gasteiger partial charge in [-0.05, 0) is 41.4 Å². The van der Waals surface area contributed by atoms with Crippen LogP contribution < -0.4 is 10.5 Å². The molecule has 0 saturated carbocycles. The quantitative estimate of drug-likeness (QED) is 0.835. The summed E-state index contributed by atoms with van der Waals surface area (Å²) in [6.07, 6.45) is 3.66. The molecule has 0 aromatic carbocycles. The van der Waals surface area contributed by atoms with Crippen LogP contribution in [0.1, 0.15) is 12.8 Å². The minimum Gasteiger partial charge on any atom is -0.384 e. The molecule has 2 heterocycles. The normalized spacial score (nSPS) is 17.4. The molecule has 0 aliphatic carbocycles. The maximum atomic E-state index is 11.5. The van der Waals surface area contributed by atoms with Crippen molar-refractivity contribution < 1.29 is 4.74 Å². The van der Waals surface area contributed by atoms with Crippen LogP contribution in [0.25, 0.3) is 0 Å². The van der Waals surface area contributed by atoms with E-state index >= 15 is 0 Å². The second-order valence-electron chi connectivity index (χ2n) is 4.26. The van der Waals surface area contributed by atoms with E-state index in [0.717, 1.165) is 38.4 Å². The lowest BCUT2D eigenvalue weighted by atomic mass is 9.98. The van der Waals surface area contributed by atoms with E-state index in [1.807, 2.05) is 0 Å². The third kappa shape index (κ3) is 2.98. The number of methoxy groups -OCH3 is 1. The minimum atomic E-state index is -0.0605. The van der Waals surface area contributed by atoms with E-state index in [0.29, 0.717) is 9.49 Å². The van der Waals surface area contributed by atoms with Crippen LogP contribution in [0.15, 0.2) is 11.1 Å². The van der Waals surface area contributed by atoms with Crippen molar-refractivity contribution in [2.45, 2.75) is 12.8 Å². The van der Waals surface area contributed by atoms with E-state index in [4.69, 9.17) is 4.74 Å². The number of ether oxygens (including phenoxy) is 1. The molecule has 0 radical (unpaired) electrons. The highest BCUT2D eigenvalue weighted by Crippen LogP contribution is 2.23. The van der Waals surface area contributed by atoms with Crippen LogP contribution in [0.2, 0.25) is 0 Å². The lowest BCUT2D eigenvalue weighted by Crippen LogP contribution is -2.37. The van der Waals surface area contributed by atoms with Gasteiger partial charge in [-0.3, -0.25) is 4.79 Å². The Hall–Kier alpha value is -0.630. The first-order valence-electron chi connectivity index (χ1n) is 5.69. The van der Waals surface area contributed by atoms with Crippen molar-refractivity contribution in [1.29, 1.82) is 0 Å². The SMILES string of the molecule is COCC1CCN(c2nc[nH]c(=O)c2I)CC1. The minimum absolute atomic E-state index is 0.0605. The van der Waals surface area contributed by atoms with Gasteiger partial charge < -0.3 is 14.6 Å². The van der Waals surface area contributed by atoms with E-state index in [9.17, 15) is 4.79 Å². The van der Waals surface area contributed by atoms with Gasteiger partial charge in [0.1, 0.15) is 9.39 Å². The predicted molar refractivity (Wildman–Crippen MR) is 74.4 cm³/mol. The van der Waals surface area contributed by atoms with E-state index in [2.05, 4.69) is 37.5 Å². The Morgan fingerprint density at radius 2 is 2.29 bits per heavy atom. The molecular weight excluding hydrogens is 333 g/mol. The molecule has 0 bridgehead atoms. The molecular formula is C11H16IN3O2. The second kappa shape index (κ2) is 5.81. The lowest BCUT2D eigenvalue weighted by molar-refractivity contribution is 0.139. The summed E-state index contributed by atoms with van der Waals surface area (Å²) in [7, 11) is 1.74. The second-order valence-corrected chi connectivity index (χ2v) is 5.33. The third-order valence-corrected chi connectivity index (χ3v) is 4.07. The summed E-state index contributed by atoms with van der Waals surface area (Å²) in [5.74, 6) is 1.45. The number of H-pyrrole nitrogens is 1. The van der Waals surface area contributed by atoms with Gasteiger partial charge in [-0.25, -0.2) is 4.98 Å². The monoisotopic (exact) mass is 349 g/mol.